The van der Waals surface area contributed by atoms with E-state index in [0.717, 1.165) is 64.2 Å². The lowest BCUT2D eigenvalue weighted by atomic mass is 10.0. The molecule has 0 saturated carbocycles. The third-order valence-corrected chi connectivity index (χ3v) is 13.6. The Kier molecular flexibility index (Phi) is 48.9. The molecule has 0 fully saturated rings. The van der Waals surface area contributed by atoms with Crippen molar-refractivity contribution in [2.75, 3.05) is 47.5 Å². The van der Waals surface area contributed by atoms with Crippen molar-refractivity contribution in [1.29, 1.82) is 0 Å². The SMILES string of the molecule is CC/C=C\C/C=C\C/C=C\CCCCCCCCCC(=O)OC(COC(=O)CCCCCCCCCCCCCCCCCCCCCCCCCCCCC)COP(=O)([O-])OCC[N+](C)(C)C. The van der Waals surface area contributed by atoms with Gasteiger partial charge in [0.25, 0.3) is 7.82 Å². The quantitative estimate of drug-likeness (QED) is 0.0195. The highest BCUT2D eigenvalue weighted by Gasteiger charge is 2.22. The van der Waals surface area contributed by atoms with Crippen LogP contribution in [0.3, 0.4) is 0 Å². The van der Waals surface area contributed by atoms with Crippen LogP contribution in [0, 0.1) is 0 Å². The highest BCUT2D eigenvalue weighted by molar-refractivity contribution is 7.45. The van der Waals surface area contributed by atoms with Gasteiger partial charge in [0.05, 0.1) is 27.7 Å². The second-order valence-electron chi connectivity index (χ2n) is 20.6. The number of rotatable bonds is 53. The summed E-state index contributed by atoms with van der Waals surface area (Å²) in [6, 6.07) is 0. The van der Waals surface area contributed by atoms with Gasteiger partial charge in [0.1, 0.15) is 19.8 Å². The maximum absolute atomic E-state index is 12.8. The second-order valence-corrected chi connectivity index (χ2v) is 22.0. The first-order valence-corrected chi connectivity index (χ1v) is 30.2. The summed E-state index contributed by atoms with van der Waals surface area (Å²) >= 11 is 0. The summed E-state index contributed by atoms with van der Waals surface area (Å²) in [7, 11) is 1.17. The third-order valence-electron chi connectivity index (χ3n) is 12.7. The number of ether oxygens (including phenoxy) is 2. The van der Waals surface area contributed by atoms with Crippen molar-refractivity contribution in [3.8, 4) is 0 Å². The Bertz CT molecular complexity index is 1250. The van der Waals surface area contributed by atoms with Gasteiger partial charge in [-0.3, -0.25) is 14.2 Å². The Hall–Kier alpha value is -1.77. The van der Waals surface area contributed by atoms with E-state index in [2.05, 4.69) is 50.3 Å². The molecule has 0 radical (unpaired) electrons. The molecule has 68 heavy (non-hydrogen) atoms. The van der Waals surface area contributed by atoms with Crippen LogP contribution in [0.1, 0.15) is 271 Å². The molecule has 0 amide bonds. The molecule has 0 spiro atoms. The topological polar surface area (TPSA) is 111 Å². The van der Waals surface area contributed by atoms with Crippen molar-refractivity contribution in [2.24, 2.45) is 0 Å². The van der Waals surface area contributed by atoms with Crippen LogP contribution in [-0.4, -0.2) is 70.0 Å². The number of unbranched alkanes of at least 4 members (excludes halogenated alkanes) is 33. The highest BCUT2D eigenvalue weighted by Crippen LogP contribution is 2.38. The predicted octanol–water partition coefficient (Wildman–Crippen LogP) is 17.0. The van der Waals surface area contributed by atoms with Gasteiger partial charge in [-0.1, -0.05) is 249 Å². The summed E-state index contributed by atoms with van der Waals surface area (Å²) in [4.78, 5) is 37.8. The lowest BCUT2D eigenvalue weighted by Gasteiger charge is -2.28. The average Bonchev–Trinajstić information content (AvgIpc) is 3.30. The summed E-state index contributed by atoms with van der Waals surface area (Å²) in [5.41, 5.74) is 0. The molecule has 0 bridgehead atoms. The van der Waals surface area contributed by atoms with E-state index in [1.165, 1.54) is 173 Å². The Morgan fingerprint density at radius 2 is 0.838 bits per heavy atom. The van der Waals surface area contributed by atoms with Gasteiger partial charge < -0.3 is 27.9 Å². The van der Waals surface area contributed by atoms with E-state index in [-0.39, 0.29) is 32.0 Å². The van der Waals surface area contributed by atoms with E-state index in [0.29, 0.717) is 17.4 Å². The molecule has 0 aliphatic heterocycles. The fourth-order valence-electron chi connectivity index (χ4n) is 8.26. The number of phosphoric acid groups is 1. The molecule has 0 saturated heterocycles. The number of carbonyl (C=O) groups excluding carboxylic acids is 2. The van der Waals surface area contributed by atoms with Gasteiger partial charge in [-0.25, -0.2) is 0 Å². The van der Waals surface area contributed by atoms with E-state index in [1.54, 1.807) is 0 Å². The van der Waals surface area contributed by atoms with Crippen LogP contribution in [0.5, 0.6) is 0 Å². The van der Waals surface area contributed by atoms with Crippen LogP contribution in [0.2, 0.25) is 0 Å². The van der Waals surface area contributed by atoms with Crippen LogP contribution in [-0.2, 0) is 32.7 Å². The molecule has 400 valence electrons. The number of esters is 2. The maximum atomic E-state index is 12.8. The number of nitrogens with zero attached hydrogens (tertiary/aromatic N) is 1. The summed E-state index contributed by atoms with van der Waals surface area (Å²) in [6.45, 7) is 4.15. The summed E-state index contributed by atoms with van der Waals surface area (Å²) in [5, 5.41) is 0. The van der Waals surface area contributed by atoms with E-state index in [4.69, 9.17) is 18.5 Å². The van der Waals surface area contributed by atoms with E-state index in [9.17, 15) is 19.0 Å². The third kappa shape index (κ3) is 53.6. The minimum Gasteiger partial charge on any atom is -0.756 e. The Balaban J connectivity index is 4.09. The molecule has 9 nitrogen and oxygen atoms in total. The molecule has 0 aromatic rings. The summed E-state index contributed by atoms with van der Waals surface area (Å²) in [5.74, 6) is -0.833. The number of phosphoric ester groups is 1. The van der Waals surface area contributed by atoms with Crippen molar-refractivity contribution < 1.29 is 42.1 Å². The number of quaternary nitrogens is 1. The largest absolute Gasteiger partial charge is 0.756 e. The van der Waals surface area contributed by atoms with Crippen molar-refractivity contribution >= 4 is 19.8 Å². The van der Waals surface area contributed by atoms with Gasteiger partial charge in [-0.15, -0.1) is 0 Å². The minimum absolute atomic E-state index is 0.0319. The van der Waals surface area contributed by atoms with E-state index >= 15 is 0 Å². The van der Waals surface area contributed by atoms with Crippen LogP contribution >= 0.6 is 7.82 Å². The molecule has 2 unspecified atom stereocenters. The van der Waals surface area contributed by atoms with Crippen LogP contribution < -0.4 is 4.89 Å². The lowest BCUT2D eigenvalue weighted by molar-refractivity contribution is -0.870. The Labute approximate surface area is 421 Å². The molecule has 0 aliphatic rings. The number of hydrogen-bond acceptors (Lipinski definition) is 8. The van der Waals surface area contributed by atoms with Gasteiger partial charge in [-0.2, -0.15) is 0 Å². The van der Waals surface area contributed by atoms with E-state index < -0.39 is 26.5 Å². The average molecular weight is 980 g/mol. The van der Waals surface area contributed by atoms with Gasteiger partial charge in [0.2, 0.25) is 0 Å². The fourth-order valence-corrected chi connectivity index (χ4v) is 8.99. The van der Waals surface area contributed by atoms with Crippen LogP contribution in [0.4, 0.5) is 0 Å². The zero-order chi connectivity index (χ0) is 49.9. The highest BCUT2D eigenvalue weighted by atomic mass is 31.2. The van der Waals surface area contributed by atoms with Gasteiger partial charge in [0, 0.05) is 12.8 Å². The lowest BCUT2D eigenvalue weighted by Crippen LogP contribution is -2.37. The van der Waals surface area contributed by atoms with Crippen molar-refractivity contribution in [3.05, 3.63) is 36.5 Å². The molecule has 10 heteroatoms. The molecule has 0 aliphatic carbocycles. The van der Waals surface area contributed by atoms with E-state index in [1.807, 2.05) is 21.1 Å². The Morgan fingerprint density at radius 1 is 0.471 bits per heavy atom. The van der Waals surface area contributed by atoms with Gasteiger partial charge in [0.15, 0.2) is 6.10 Å². The molecule has 0 N–H and O–H groups in total. The first kappa shape index (κ1) is 66.2. The van der Waals surface area contributed by atoms with Crippen LogP contribution in [0.25, 0.3) is 0 Å². The summed E-state index contributed by atoms with van der Waals surface area (Å²) in [6.07, 6.45) is 60.6. The molecule has 2 atom stereocenters. The molecule has 0 aromatic carbocycles. The van der Waals surface area contributed by atoms with Crippen molar-refractivity contribution in [2.45, 2.75) is 277 Å². The standard InChI is InChI=1S/C58H110NO8P/c1-6-8-10-12-14-16-18-20-22-24-25-26-27-28-29-30-31-32-33-35-36-38-40-42-44-46-48-50-57(60)64-54-56(55-66-68(62,63)65-53-52-59(3,4)5)67-58(61)51-49-47-45-43-41-39-37-34-23-21-19-17-15-13-11-9-7-2/h9,11,15,17,21,23,56H,6-8,10,12-14,16,18-20,22,24-55H2,1-5H3/b11-9-,17-15-,23-21-. The first-order chi connectivity index (χ1) is 33.0. The smallest absolute Gasteiger partial charge is 0.306 e. The molecule has 0 aromatic heterocycles. The number of hydrogen-bond donors (Lipinski definition) is 0. The molecule has 0 heterocycles. The monoisotopic (exact) mass is 980 g/mol. The Morgan fingerprint density at radius 3 is 1.25 bits per heavy atom. The fraction of sp³-hybridized carbons (Fsp3) is 0.862. The van der Waals surface area contributed by atoms with Crippen molar-refractivity contribution in [3.63, 3.8) is 0 Å². The number of carbonyl (C=O) groups is 2. The minimum atomic E-state index is -4.63. The van der Waals surface area contributed by atoms with Crippen molar-refractivity contribution in [1.82, 2.24) is 0 Å². The normalized spacial score (nSPS) is 13.6. The molecule has 0 rings (SSSR count). The predicted molar refractivity (Wildman–Crippen MR) is 287 cm³/mol. The number of allylic oxidation sites excluding steroid dienone is 6. The number of likely N-dealkylation sites (N-methyl/N-ethyl adjacent to an activating group) is 1. The molecular weight excluding hydrogens is 870 g/mol. The zero-order valence-electron chi connectivity index (χ0n) is 45.3. The zero-order valence-corrected chi connectivity index (χ0v) is 46.2. The maximum Gasteiger partial charge on any atom is 0.306 e. The molecular formula is C58H110NO8P. The van der Waals surface area contributed by atoms with Gasteiger partial charge >= 0.3 is 11.9 Å². The summed E-state index contributed by atoms with van der Waals surface area (Å²) < 4.78 is 34.1. The van der Waals surface area contributed by atoms with Gasteiger partial charge in [-0.05, 0) is 44.9 Å². The first-order valence-electron chi connectivity index (χ1n) is 28.7. The second kappa shape index (κ2) is 50.2. The van der Waals surface area contributed by atoms with Crippen LogP contribution in [0.15, 0.2) is 36.5 Å².